The first-order chi connectivity index (χ1) is 12.2. The van der Waals surface area contributed by atoms with Gasteiger partial charge in [-0.05, 0) is 37.0 Å². The highest BCUT2D eigenvalue weighted by molar-refractivity contribution is 5.85. The molecule has 0 spiro atoms. The molecule has 1 aliphatic rings. The normalized spacial score (nSPS) is 14.0. The third kappa shape index (κ3) is 5.63. The molecule has 0 saturated carbocycles. The Morgan fingerprint density at radius 1 is 1.00 bits per heavy atom. The first kappa shape index (κ1) is 20.0. The number of carbonyl (C=O) groups excluding carboxylic acids is 1. The molecule has 2 heterocycles. The molecule has 0 aliphatic carbocycles. The van der Waals surface area contributed by atoms with Gasteiger partial charge in [-0.25, -0.2) is 4.98 Å². The lowest BCUT2D eigenvalue weighted by atomic mass is 10.1. The molecule has 3 rings (SSSR count). The second-order valence-corrected chi connectivity index (χ2v) is 6.44. The fourth-order valence-corrected chi connectivity index (χ4v) is 3.16. The summed E-state index contributed by atoms with van der Waals surface area (Å²) in [5.41, 5.74) is 1.34. The largest absolute Gasteiger partial charge is 0.506 e. The molecule has 1 aromatic carbocycles. The van der Waals surface area contributed by atoms with Crippen molar-refractivity contribution >= 4 is 24.1 Å². The van der Waals surface area contributed by atoms with Crippen LogP contribution < -0.4 is 4.90 Å². The Kier molecular flexibility index (Phi) is 7.73. The van der Waals surface area contributed by atoms with Gasteiger partial charge in [-0.1, -0.05) is 30.3 Å². The Morgan fingerprint density at radius 3 is 2.38 bits per heavy atom. The number of hydrogen-bond acceptors (Lipinski definition) is 4. The van der Waals surface area contributed by atoms with Gasteiger partial charge in [0, 0.05) is 32.6 Å². The summed E-state index contributed by atoms with van der Waals surface area (Å²) in [6, 6.07) is 13.9. The van der Waals surface area contributed by atoms with Gasteiger partial charge in [0.1, 0.15) is 11.6 Å². The van der Waals surface area contributed by atoms with Crippen molar-refractivity contribution < 1.29 is 9.90 Å². The van der Waals surface area contributed by atoms with E-state index in [-0.39, 0.29) is 24.1 Å². The summed E-state index contributed by atoms with van der Waals surface area (Å²) in [5, 5.41) is 9.31. The quantitative estimate of drug-likeness (QED) is 0.787. The first-order valence-corrected chi connectivity index (χ1v) is 8.94. The molecule has 0 radical (unpaired) electrons. The molecule has 6 heteroatoms. The molecule has 5 nitrogen and oxygen atoms in total. The Hall–Kier alpha value is -2.27. The van der Waals surface area contributed by atoms with Crippen LogP contribution in [0.1, 0.15) is 24.8 Å². The fourth-order valence-electron chi connectivity index (χ4n) is 3.16. The lowest BCUT2D eigenvalue weighted by Crippen LogP contribution is -2.49. The van der Waals surface area contributed by atoms with Gasteiger partial charge in [0.25, 0.3) is 0 Å². The number of amides is 1. The smallest absolute Gasteiger partial charge is 0.222 e. The number of anilines is 1. The minimum atomic E-state index is 0. The average Bonchev–Trinajstić information content (AvgIpc) is 2.67. The van der Waals surface area contributed by atoms with Gasteiger partial charge in [-0.3, -0.25) is 4.79 Å². The monoisotopic (exact) mass is 375 g/mol. The standard InChI is InChI=1S/C20H25N3O2.ClH/c24-18-10-11-19(21-16-18)22-12-14-23(15-13-22)20(25)9-5-4-8-17-6-2-1-3-7-17;/h1-3,6-7,10-11,16,24H,4-5,8-9,12-15H2;1H. The van der Waals surface area contributed by atoms with Gasteiger partial charge in [0.2, 0.25) is 5.91 Å². The van der Waals surface area contributed by atoms with E-state index in [4.69, 9.17) is 0 Å². The number of aromatic nitrogens is 1. The molecule has 1 fully saturated rings. The zero-order valence-corrected chi connectivity index (χ0v) is 15.7. The zero-order valence-electron chi connectivity index (χ0n) is 14.9. The van der Waals surface area contributed by atoms with E-state index in [1.165, 1.54) is 11.8 Å². The maximum absolute atomic E-state index is 12.4. The summed E-state index contributed by atoms with van der Waals surface area (Å²) in [6.45, 7) is 3.04. The van der Waals surface area contributed by atoms with Crippen molar-refractivity contribution in [3.8, 4) is 5.75 Å². The lowest BCUT2D eigenvalue weighted by molar-refractivity contribution is -0.131. The van der Waals surface area contributed by atoms with Crippen LogP contribution in [0.5, 0.6) is 5.75 Å². The second-order valence-electron chi connectivity index (χ2n) is 6.44. The van der Waals surface area contributed by atoms with Crippen molar-refractivity contribution in [3.63, 3.8) is 0 Å². The molecule has 0 unspecified atom stereocenters. The van der Waals surface area contributed by atoms with Crippen molar-refractivity contribution in [3.05, 3.63) is 54.2 Å². The molecular weight excluding hydrogens is 350 g/mol. The third-order valence-corrected chi connectivity index (χ3v) is 4.64. The Labute approximate surface area is 161 Å². The molecular formula is C20H26ClN3O2. The SMILES string of the molecule is Cl.O=C(CCCCc1ccccc1)N1CCN(c2ccc(O)cn2)CC1. The summed E-state index contributed by atoms with van der Waals surface area (Å²) in [4.78, 5) is 20.7. The van der Waals surface area contributed by atoms with Crippen LogP contribution in [0.2, 0.25) is 0 Å². The molecule has 2 aromatic rings. The van der Waals surface area contributed by atoms with Gasteiger partial charge >= 0.3 is 0 Å². The Balaban J connectivity index is 0.00000243. The predicted octanol–water partition coefficient (Wildman–Crippen LogP) is 3.27. The van der Waals surface area contributed by atoms with Gasteiger partial charge in [0.15, 0.2) is 0 Å². The molecule has 0 bridgehead atoms. The summed E-state index contributed by atoms with van der Waals surface area (Å²) < 4.78 is 0. The van der Waals surface area contributed by atoms with Gasteiger partial charge in [0.05, 0.1) is 6.20 Å². The van der Waals surface area contributed by atoms with Crippen LogP contribution in [0.25, 0.3) is 0 Å². The maximum Gasteiger partial charge on any atom is 0.222 e. The number of hydrogen-bond donors (Lipinski definition) is 1. The number of nitrogens with zero attached hydrogens (tertiary/aromatic N) is 3. The molecule has 0 atom stereocenters. The maximum atomic E-state index is 12.4. The van der Waals surface area contributed by atoms with Gasteiger partial charge < -0.3 is 14.9 Å². The number of aryl methyl sites for hydroxylation is 1. The molecule has 1 aliphatic heterocycles. The highest BCUT2D eigenvalue weighted by Crippen LogP contribution is 2.17. The number of piperazine rings is 1. The minimum absolute atomic E-state index is 0. The van der Waals surface area contributed by atoms with Crippen LogP contribution in [0.3, 0.4) is 0 Å². The molecule has 1 N–H and O–H groups in total. The summed E-state index contributed by atoms with van der Waals surface area (Å²) in [5.74, 6) is 1.28. The molecule has 1 amide bonds. The van der Waals surface area contributed by atoms with E-state index in [0.29, 0.717) is 6.42 Å². The predicted molar refractivity (Wildman–Crippen MR) is 106 cm³/mol. The number of aromatic hydroxyl groups is 1. The van der Waals surface area contributed by atoms with Crippen LogP contribution in [-0.2, 0) is 11.2 Å². The van der Waals surface area contributed by atoms with Crippen LogP contribution in [0.4, 0.5) is 5.82 Å². The van der Waals surface area contributed by atoms with Crippen molar-refractivity contribution in [1.29, 1.82) is 0 Å². The van der Waals surface area contributed by atoms with Gasteiger partial charge in [-0.15, -0.1) is 12.4 Å². The van der Waals surface area contributed by atoms with E-state index in [0.717, 1.165) is 51.3 Å². The number of rotatable bonds is 6. The average molecular weight is 376 g/mol. The second kappa shape index (κ2) is 10.0. The number of unbranched alkanes of at least 4 members (excludes halogenated alkanes) is 1. The fraction of sp³-hybridized carbons (Fsp3) is 0.400. The summed E-state index contributed by atoms with van der Waals surface area (Å²) >= 11 is 0. The molecule has 1 aromatic heterocycles. The number of pyridine rings is 1. The number of carbonyl (C=O) groups is 1. The molecule has 140 valence electrons. The van der Waals surface area contributed by atoms with E-state index in [1.54, 1.807) is 6.07 Å². The van der Waals surface area contributed by atoms with Crippen molar-refractivity contribution in [2.45, 2.75) is 25.7 Å². The van der Waals surface area contributed by atoms with Crippen molar-refractivity contribution in [1.82, 2.24) is 9.88 Å². The zero-order chi connectivity index (χ0) is 17.5. The van der Waals surface area contributed by atoms with Crippen molar-refractivity contribution in [2.24, 2.45) is 0 Å². The molecule has 1 saturated heterocycles. The lowest BCUT2D eigenvalue weighted by Gasteiger charge is -2.35. The Morgan fingerprint density at radius 2 is 1.73 bits per heavy atom. The minimum Gasteiger partial charge on any atom is -0.506 e. The Bertz CT molecular complexity index is 671. The van der Waals surface area contributed by atoms with E-state index in [2.05, 4.69) is 34.1 Å². The third-order valence-electron chi connectivity index (χ3n) is 4.64. The first-order valence-electron chi connectivity index (χ1n) is 8.94. The van der Waals surface area contributed by atoms with Crippen LogP contribution in [0, 0.1) is 0 Å². The van der Waals surface area contributed by atoms with Crippen LogP contribution in [0.15, 0.2) is 48.7 Å². The topological polar surface area (TPSA) is 56.7 Å². The van der Waals surface area contributed by atoms with E-state index >= 15 is 0 Å². The van der Waals surface area contributed by atoms with Crippen molar-refractivity contribution in [2.75, 3.05) is 31.1 Å². The molecule has 26 heavy (non-hydrogen) atoms. The number of benzene rings is 1. The highest BCUT2D eigenvalue weighted by Gasteiger charge is 2.21. The van der Waals surface area contributed by atoms with Crippen LogP contribution >= 0.6 is 12.4 Å². The van der Waals surface area contributed by atoms with E-state index in [1.807, 2.05) is 17.0 Å². The summed E-state index contributed by atoms with van der Waals surface area (Å²) in [7, 11) is 0. The van der Waals surface area contributed by atoms with Gasteiger partial charge in [-0.2, -0.15) is 0 Å². The number of halogens is 1. The summed E-state index contributed by atoms with van der Waals surface area (Å²) in [6.07, 6.45) is 5.11. The van der Waals surface area contributed by atoms with E-state index < -0.39 is 0 Å². The van der Waals surface area contributed by atoms with Crippen LogP contribution in [-0.4, -0.2) is 47.1 Å². The highest BCUT2D eigenvalue weighted by atomic mass is 35.5. The van der Waals surface area contributed by atoms with E-state index in [9.17, 15) is 9.90 Å².